The molecule has 1 amide bonds. The number of esters is 1. The van der Waals surface area contributed by atoms with Gasteiger partial charge < -0.3 is 20.3 Å². The number of amides is 1. The molecule has 6 nitrogen and oxygen atoms in total. The van der Waals surface area contributed by atoms with Gasteiger partial charge in [-0.1, -0.05) is 243 Å². The van der Waals surface area contributed by atoms with Gasteiger partial charge in [-0.25, -0.2) is 0 Å². The monoisotopic (exact) mass is 828 g/mol. The first kappa shape index (κ1) is 56.8. The average molecular weight is 828 g/mol. The van der Waals surface area contributed by atoms with Crippen LogP contribution in [0.25, 0.3) is 0 Å². The van der Waals surface area contributed by atoms with Gasteiger partial charge in [0.05, 0.1) is 25.2 Å². The van der Waals surface area contributed by atoms with E-state index < -0.39 is 18.2 Å². The van der Waals surface area contributed by atoms with Gasteiger partial charge in [0, 0.05) is 6.42 Å². The van der Waals surface area contributed by atoms with E-state index in [1.807, 2.05) is 24.3 Å². The molecule has 0 aliphatic carbocycles. The molecule has 3 N–H and O–H groups in total. The topological polar surface area (TPSA) is 95.9 Å². The third kappa shape index (κ3) is 42.3. The number of carbonyl (C=O) groups is 2. The largest absolute Gasteiger partial charge is 0.462 e. The maximum absolute atomic E-state index is 13.2. The Hall–Kier alpha value is -2.18. The second-order valence-corrected chi connectivity index (χ2v) is 17.3. The number of allylic oxidation sites excluding steroid dienone is 8. The van der Waals surface area contributed by atoms with E-state index >= 15 is 0 Å². The van der Waals surface area contributed by atoms with Crippen LogP contribution in [-0.4, -0.2) is 46.9 Å². The Labute approximate surface area is 366 Å². The van der Waals surface area contributed by atoms with Crippen molar-refractivity contribution in [3.63, 3.8) is 0 Å². The zero-order valence-electron chi connectivity index (χ0n) is 39.1. The number of carbonyl (C=O) groups excluding carboxylic acids is 2. The van der Waals surface area contributed by atoms with Crippen molar-refractivity contribution in [3.8, 4) is 0 Å². The molecule has 59 heavy (non-hydrogen) atoms. The van der Waals surface area contributed by atoms with E-state index in [0.717, 1.165) is 70.6 Å². The van der Waals surface area contributed by atoms with Crippen molar-refractivity contribution in [1.82, 2.24) is 5.32 Å². The van der Waals surface area contributed by atoms with E-state index in [4.69, 9.17) is 4.74 Å². The molecule has 0 aliphatic rings. The lowest BCUT2D eigenvalue weighted by molar-refractivity contribution is -0.151. The summed E-state index contributed by atoms with van der Waals surface area (Å²) in [5.74, 6) is -0.508. The minimum absolute atomic E-state index is 0.0535. The number of aliphatic hydroxyl groups is 2. The van der Waals surface area contributed by atoms with Crippen LogP contribution >= 0.6 is 0 Å². The molecular formula is C53H97NO5. The molecule has 0 aromatic heterocycles. The first-order chi connectivity index (χ1) is 29.0. The molecule has 0 bridgehead atoms. The summed E-state index contributed by atoms with van der Waals surface area (Å²) in [5, 5.41) is 23.8. The molecule has 3 atom stereocenters. The minimum Gasteiger partial charge on any atom is -0.462 e. The lowest BCUT2D eigenvalue weighted by Gasteiger charge is -2.24. The van der Waals surface area contributed by atoms with E-state index in [2.05, 4.69) is 50.4 Å². The number of hydrogen-bond acceptors (Lipinski definition) is 5. The molecule has 0 radical (unpaired) electrons. The van der Waals surface area contributed by atoms with Crippen LogP contribution in [0, 0.1) is 0 Å². The molecule has 6 heteroatoms. The van der Waals surface area contributed by atoms with E-state index in [0.29, 0.717) is 19.3 Å². The molecule has 0 spiro atoms. The highest BCUT2D eigenvalue weighted by molar-refractivity contribution is 5.77. The highest BCUT2D eigenvalue weighted by Crippen LogP contribution is 2.18. The van der Waals surface area contributed by atoms with Crippen molar-refractivity contribution >= 4 is 11.9 Å². The Morgan fingerprint density at radius 2 is 0.915 bits per heavy atom. The number of ether oxygens (including phenoxy) is 1. The van der Waals surface area contributed by atoms with Gasteiger partial charge in [-0.3, -0.25) is 9.59 Å². The van der Waals surface area contributed by atoms with Crippen molar-refractivity contribution in [3.05, 3.63) is 48.6 Å². The molecule has 0 saturated carbocycles. The summed E-state index contributed by atoms with van der Waals surface area (Å²) in [6.07, 6.45) is 56.0. The first-order valence-electron chi connectivity index (χ1n) is 25.4. The smallest absolute Gasteiger partial charge is 0.306 e. The predicted octanol–water partition coefficient (Wildman–Crippen LogP) is 15.1. The number of hydrogen-bond donors (Lipinski definition) is 3. The van der Waals surface area contributed by atoms with Crippen LogP contribution < -0.4 is 5.32 Å². The summed E-state index contributed by atoms with van der Waals surface area (Å²) in [6.45, 7) is 6.33. The molecular weight excluding hydrogens is 731 g/mol. The summed E-state index contributed by atoms with van der Waals surface area (Å²) in [5.41, 5.74) is 0. The third-order valence-corrected chi connectivity index (χ3v) is 11.5. The van der Waals surface area contributed by atoms with E-state index in [-0.39, 0.29) is 24.9 Å². The predicted molar refractivity (Wildman–Crippen MR) is 255 cm³/mol. The standard InChI is InChI=1S/C53H97NO5/c1-4-7-10-13-16-19-22-24-25-26-28-31-33-36-39-42-45-51(56)50(48-55)54-52(57)47-49(44-41-38-35-32-30-27-23-20-17-14-11-8-5-2)59-53(58)46-43-40-37-34-29-21-18-15-12-9-6-3/h8,11,14,17,20,23,27,30,49-51,55-56H,4-7,9-10,12-13,15-16,18-19,21-22,24-26,28-29,31-48H2,1-3H3,(H,54,57)/b11-8+,17-14+,23-20+,30-27-. The van der Waals surface area contributed by atoms with Gasteiger partial charge in [0.15, 0.2) is 0 Å². The van der Waals surface area contributed by atoms with Crippen LogP contribution in [0.15, 0.2) is 48.6 Å². The maximum Gasteiger partial charge on any atom is 0.306 e. The SMILES string of the molecule is CC/C=C/C=C/C=C/C=C\CCCCCC(CC(=O)NC(CO)C(O)CCCCCCCCCCCCCCCCCC)OC(=O)CCCCCCCCCCCCC. The Bertz CT molecular complexity index is 1020. The number of unbranched alkanes of at least 4 members (excludes halogenated alkanes) is 28. The maximum atomic E-state index is 13.2. The van der Waals surface area contributed by atoms with Crippen molar-refractivity contribution in [2.45, 2.75) is 270 Å². The highest BCUT2D eigenvalue weighted by Gasteiger charge is 2.24. The van der Waals surface area contributed by atoms with E-state index in [1.54, 1.807) is 0 Å². The second kappa shape index (κ2) is 46.9. The zero-order chi connectivity index (χ0) is 43.1. The molecule has 0 aromatic rings. The van der Waals surface area contributed by atoms with Crippen LogP contribution in [0.1, 0.15) is 252 Å². The fourth-order valence-electron chi connectivity index (χ4n) is 7.68. The number of rotatable bonds is 45. The first-order valence-corrected chi connectivity index (χ1v) is 25.4. The minimum atomic E-state index is -0.797. The summed E-state index contributed by atoms with van der Waals surface area (Å²) >= 11 is 0. The summed E-state index contributed by atoms with van der Waals surface area (Å²) < 4.78 is 5.90. The van der Waals surface area contributed by atoms with E-state index in [1.165, 1.54) is 135 Å². The molecule has 0 aliphatic heterocycles. The van der Waals surface area contributed by atoms with Gasteiger partial charge in [-0.15, -0.1) is 0 Å². The van der Waals surface area contributed by atoms with Gasteiger partial charge in [0.2, 0.25) is 5.91 Å². The van der Waals surface area contributed by atoms with Gasteiger partial charge in [-0.2, -0.15) is 0 Å². The molecule has 344 valence electrons. The molecule has 3 unspecified atom stereocenters. The van der Waals surface area contributed by atoms with E-state index in [9.17, 15) is 19.8 Å². The third-order valence-electron chi connectivity index (χ3n) is 11.5. The van der Waals surface area contributed by atoms with Crippen molar-refractivity contribution in [2.75, 3.05) is 6.61 Å². The summed E-state index contributed by atoms with van der Waals surface area (Å²) in [6, 6.07) is -0.712. The highest BCUT2D eigenvalue weighted by atomic mass is 16.5. The quantitative estimate of drug-likeness (QED) is 0.0323. The molecule has 0 saturated heterocycles. The second-order valence-electron chi connectivity index (χ2n) is 17.3. The van der Waals surface area contributed by atoms with Crippen LogP contribution in [0.2, 0.25) is 0 Å². The molecule has 0 rings (SSSR count). The van der Waals surface area contributed by atoms with Crippen LogP contribution in [-0.2, 0) is 14.3 Å². The van der Waals surface area contributed by atoms with Gasteiger partial charge in [0.25, 0.3) is 0 Å². The Morgan fingerprint density at radius 3 is 1.39 bits per heavy atom. The molecule has 0 aromatic carbocycles. The lowest BCUT2D eigenvalue weighted by Crippen LogP contribution is -2.46. The van der Waals surface area contributed by atoms with Crippen LogP contribution in [0.3, 0.4) is 0 Å². The Morgan fingerprint density at radius 1 is 0.508 bits per heavy atom. The molecule has 0 heterocycles. The van der Waals surface area contributed by atoms with Crippen molar-refractivity contribution < 1.29 is 24.5 Å². The van der Waals surface area contributed by atoms with Crippen LogP contribution in [0.5, 0.6) is 0 Å². The van der Waals surface area contributed by atoms with Gasteiger partial charge >= 0.3 is 5.97 Å². The fraction of sp³-hybridized carbons (Fsp3) is 0.811. The van der Waals surface area contributed by atoms with Gasteiger partial charge in [-0.05, 0) is 44.9 Å². The fourth-order valence-corrected chi connectivity index (χ4v) is 7.68. The average Bonchev–Trinajstić information content (AvgIpc) is 3.23. The van der Waals surface area contributed by atoms with Crippen LogP contribution in [0.4, 0.5) is 0 Å². The van der Waals surface area contributed by atoms with Gasteiger partial charge in [0.1, 0.15) is 6.10 Å². The summed E-state index contributed by atoms with van der Waals surface area (Å²) in [4.78, 5) is 26.1. The number of aliphatic hydroxyl groups excluding tert-OH is 2. The Balaban J connectivity index is 4.56. The summed E-state index contributed by atoms with van der Waals surface area (Å²) in [7, 11) is 0. The lowest BCUT2D eigenvalue weighted by atomic mass is 10.0. The zero-order valence-corrected chi connectivity index (χ0v) is 39.1. The number of nitrogens with one attached hydrogen (secondary N) is 1. The van der Waals surface area contributed by atoms with Crippen molar-refractivity contribution in [1.29, 1.82) is 0 Å². The molecule has 0 fully saturated rings. The Kier molecular flexibility index (Phi) is 45.1. The van der Waals surface area contributed by atoms with Crippen molar-refractivity contribution in [2.24, 2.45) is 0 Å². The normalized spacial score (nSPS) is 13.6.